The third-order valence-corrected chi connectivity index (χ3v) is 4.98. The van der Waals surface area contributed by atoms with Crippen molar-refractivity contribution in [3.8, 4) is 0 Å². The quantitative estimate of drug-likeness (QED) is 0.437. The van der Waals surface area contributed by atoms with Gasteiger partial charge in [0.25, 0.3) is 0 Å². The third-order valence-electron chi connectivity index (χ3n) is 3.59. The third kappa shape index (κ3) is 5.62. The molecule has 0 radical (unpaired) electrons. The zero-order valence-corrected chi connectivity index (χ0v) is 13.3. The Labute approximate surface area is 130 Å². The second kappa shape index (κ2) is 8.90. The number of nitrogens with one attached hydrogen (secondary N) is 1. The van der Waals surface area contributed by atoms with E-state index in [2.05, 4.69) is 11.5 Å². The van der Waals surface area contributed by atoms with Crippen LogP contribution in [0.15, 0.2) is 29.2 Å². The van der Waals surface area contributed by atoms with Crippen LogP contribution in [0.4, 0.5) is 0 Å². The Kier molecular flexibility index (Phi) is 7.17. The fourth-order valence-electron chi connectivity index (χ4n) is 2.43. The molecule has 0 amide bonds. The van der Waals surface area contributed by atoms with Gasteiger partial charge in [0, 0.05) is 28.3 Å². The standard InChI is InChI=1S/C15H23ClN2OS/c16-12-4-1-8-15(10-12)20-11-13(18-17)5-2-6-14-7-3-9-19-14/h1,4,8,10,13-14,18H,2-3,5-7,9,11,17H2. The molecule has 0 aliphatic carbocycles. The second-order valence-electron chi connectivity index (χ2n) is 5.20. The SMILES string of the molecule is NNC(CCCC1CCCO1)CSc1cccc(Cl)c1. The minimum absolute atomic E-state index is 0.334. The summed E-state index contributed by atoms with van der Waals surface area (Å²) in [6.07, 6.45) is 6.32. The molecule has 1 aliphatic heterocycles. The first-order chi connectivity index (χ1) is 9.78. The molecule has 3 nitrogen and oxygen atoms in total. The Hall–Kier alpha value is -0.260. The maximum atomic E-state index is 5.98. The summed E-state index contributed by atoms with van der Waals surface area (Å²) in [5, 5.41) is 0.783. The molecule has 1 aromatic carbocycles. The van der Waals surface area contributed by atoms with Crippen LogP contribution in [0.25, 0.3) is 0 Å². The highest BCUT2D eigenvalue weighted by Crippen LogP contribution is 2.24. The fraction of sp³-hybridized carbons (Fsp3) is 0.600. The van der Waals surface area contributed by atoms with Crippen LogP contribution in [0.3, 0.4) is 0 Å². The summed E-state index contributed by atoms with van der Waals surface area (Å²) >= 11 is 7.77. The maximum absolute atomic E-state index is 5.98. The van der Waals surface area contributed by atoms with Crippen LogP contribution in [-0.4, -0.2) is 24.5 Å². The summed E-state index contributed by atoms with van der Waals surface area (Å²) in [5.41, 5.74) is 2.92. The number of hydrogen-bond acceptors (Lipinski definition) is 4. The molecule has 3 N–H and O–H groups in total. The highest BCUT2D eigenvalue weighted by molar-refractivity contribution is 7.99. The number of nitrogens with two attached hydrogens (primary N) is 1. The zero-order chi connectivity index (χ0) is 14.2. The monoisotopic (exact) mass is 314 g/mol. The van der Waals surface area contributed by atoms with Crippen LogP contribution >= 0.6 is 23.4 Å². The number of halogens is 1. The predicted molar refractivity (Wildman–Crippen MR) is 86.1 cm³/mol. The first kappa shape index (κ1) is 16.1. The minimum atomic E-state index is 0.334. The number of hydrogen-bond donors (Lipinski definition) is 2. The van der Waals surface area contributed by atoms with Gasteiger partial charge in [0.2, 0.25) is 0 Å². The Bertz CT molecular complexity index is 399. The van der Waals surface area contributed by atoms with Gasteiger partial charge >= 0.3 is 0 Å². The lowest BCUT2D eigenvalue weighted by Gasteiger charge is -2.16. The van der Waals surface area contributed by atoms with Gasteiger partial charge in [-0.05, 0) is 50.3 Å². The van der Waals surface area contributed by atoms with Crippen LogP contribution in [0.1, 0.15) is 32.1 Å². The molecular weight excluding hydrogens is 292 g/mol. The Morgan fingerprint density at radius 1 is 1.50 bits per heavy atom. The van der Waals surface area contributed by atoms with E-state index in [1.165, 1.54) is 17.7 Å². The summed E-state index contributed by atoms with van der Waals surface area (Å²) in [5.74, 6) is 6.60. The summed E-state index contributed by atoms with van der Waals surface area (Å²) in [6.45, 7) is 0.938. The predicted octanol–water partition coefficient (Wildman–Crippen LogP) is 3.61. The number of hydrazine groups is 1. The molecule has 2 unspecified atom stereocenters. The number of benzene rings is 1. The van der Waals surface area contributed by atoms with Gasteiger partial charge in [0.15, 0.2) is 0 Å². The van der Waals surface area contributed by atoms with Gasteiger partial charge in [-0.1, -0.05) is 17.7 Å². The molecule has 1 heterocycles. The van der Waals surface area contributed by atoms with Gasteiger partial charge in [-0.25, -0.2) is 0 Å². The summed E-state index contributed by atoms with van der Waals surface area (Å²) < 4.78 is 5.64. The van der Waals surface area contributed by atoms with E-state index in [9.17, 15) is 0 Å². The van der Waals surface area contributed by atoms with Gasteiger partial charge in [-0.3, -0.25) is 11.3 Å². The molecule has 1 saturated heterocycles. The highest BCUT2D eigenvalue weighted by atomic mass is 35.5. The zero-order valence-electron chi connectivity index (χ0n) is 11.7. The topological polar surface area (TPSA) is 47.3 Å². The highest BCUT2D eigenvalue weighted by Gasteiger charge is 2.16. The lowest BCUT2D eigenvalue weighted by atomic mass is 10.1. The lowest BCUT2D eigenvalue weighted by Crippen LogP contribution is -2.37. The molecule has 0 aromatic heterocycles. The summed E-state index contributed by atoms with van der Waals surface area (Å²) in [7, 11) is 0. The van der Waals surface area contributed by atoms with Gasteiger partial charge in [0.1, 0.15) is 0 Å². The van der Waals surface area contributed by atoms with Crippen LogP contribution < -0.4 is 11.3 Å². The molecule has 2 rings (SSSR count). The van der Waals surface area contributed by atoms with Crippen molar-refractivity contribution >= 4 is 23.4 Å². The summed E-state index contributed by atoms with van der Waals surface area (Å²) in [6, 6.07) is 8.28. The van der Waals surface area contributed by atoms with E-state index in [1.54, 1.807) is 11.8 Å². The first-order valence-electron chi connectivity index (χ1n) is 7.24. The van der Waals surface area contributed by atoms with Crippen LogP contribution in [-0.2, 0) is 4.74 Å². The van der Waals surface area contributed by atoms with E-state index in [1.807, 2.05) is 18.2 Å². The normalized spacial score (nSPS) is 20.2. The van der Waals surface area contributed by atoms with E-state index in [0.717, 1.165) is 36.6 Å². The van der Waals surface area contributed by atoms with Crippen molar-refractivity contribution in [2.24, 2.45) is 5.84 Å². The molecule has 5 heteroatoms. The summed E-state index contributed by atoms with van der Waals surface area (Å²) in [4.78, 5) is 1.19. The number of ether oxygens (including phenoxy) is 1. The van der Waals surface area contributed by atoms with Crippen molar-refractivity contribution in [2.45, 2.75) is 49.1 Å². The Morgan fingerprint density at radius 3 is 3.10 bits per heavy atom. The van der Waals surface area contributed by atoms with E-state index in [-0.39, 0.29) is 0 Å². The van der Waals surface area contributed by atoms with E-state index in [0.29, 0.717) is 12.1 Å². The molecule has 1 aromatic rings. The molecule has 1 aliphatic rings. The van der Waals surface area contributed by atoms with Crippen molar-refractivity contribution < 1.29 is 4.74 Å². The largest absolute Gasteiger partial charge is 0.378 e. The fourth-order valence-corrected chi connectivity index (χ4v) is 3.73. The maximum Gasteiger partial charge on any atom is 0.0576 e. The minimum Gasteiger partial charge on any atom is -0.378 e. The van der Waals surface area contributed by atoms with Crippen molar-refractivity contribution in [1.29, 1.82) is 0 Å². The van der Waals surface area contributed by atoms with Crippen molar-refractivity contribution in [1.82, 2.24) is 5.43 Å². The Morgan fingerprint density at radius 2 is 2.40 bits per heavy atom. The Balaban J connectivity index is 1.66. The molecule has 1 fully saturated rings. The van der Waals surface area contributed by atoms with Crippen molar-refractivity contribution in [3.05, 3.63) is 29.3 Å². The van der Waals surface area contributed by atoms with Crippen molar-refractivity contribution in [3.63, 3.8) is 0 Å². The molecule has 0 saturated carbocycles. The van der Waals surface area contributed by atoms with Gasteiger partial charge < -0.3 is 4.74 Å². The molecule has 20 heavy (non-hydrogen) atoms. The molecule has 112 valence electrons. The van der Waals surface area contributed by atoms with Crippen LogP contribution in [0.2, 0.25) is 5.02 Å². The van der Waals surface area contributed by atoms with Gasteiger partial charge in [0.05, 0.1) is 6.10 Å². The smallest absolute Gasteiger partial charge is 0.0576 e. The van der Waals surface area contributed by atoms with Crippen LogP contribution in [0, 0.1) is 0 Å². The number of rotatable bonds is 8. The van der Waals surface area contributed by atoms with E-state index < -0.39 is 0 Å². The van der Waals surface area contributed by atoms with Crippen LogP contribution in [0.5, 0.6) is 0 Å². The van der Waals surface area contributed by atoms with Gasteiger partial charge in [-0.2, -0.15) is 0 Å². The van der Waals surface area contributed by atoms with Crippen molar-refractivity contribution in [2.75, 3.05) is 12.4 Å². The van der Waals surface area contributed by atoms with Gasteiger partial charge in [-0.15, -0.1) is 11.8 Å². The average molecular weight is 315 g/mol. The molecule has 2 atom stereocenters. The molecule has 0 spiro atoms. The second-order valence-corrected chi connectivity index (χ2v) is 6.73. The number of thioether (sulfide) groups is 1. The first-order valence-corrected chi connectivity index (χ1v) is 8.60. The molecule has 0 bridgehead atoms. The van der Waals surface area contributed by atoms with E-state index in [4.69, 9.17) is 22.2 Å². The molecular formula is C15H23ClN2OS. The lowest BCUT2D eigenvalue weighted by molar-refractivity contribution is 0.101. The average Bonchev–Trinajstić information content (AvgIpc) is 2.96. The van der Waals surface area contributed by atoms with E-state index >= 15 is 0 Å².